The minimum absolute atomic E-state index is 0.110. The normalized spacial score (nSPS) is 12.7. The molecule has 3 aromatic carbocycles. The smallest absolute Gasteiger partial charge is 0.279 e. The van der Waals surface area contributed by atoms with Gasteiger partial charge >= 0.3 is 0 Å². The van der Waals surface area contributed by atoms with Crippen LogP contribution >= 0.6 is 11.3 Å². The lowest BCUT2D eigenvalue weighted by Gasteiger charge is -2.09. The Morgan fingerprint density at radius 2 is 1.71 bits per heavy atom. The maximum absolute atomic E-state index is 13.1. The minimum Gasteiger partial charge on any atom is -0.380 e. The van der Waals surface area contributed by atoms with Crippen molar-refractivity contribution in [3.8, 4) is 0 Å². The highest BCUT2D eigenvalue weighted by molar-refractivity contribution is 7.92. The number of sulfonamides is 1. The third-order valence-electron chi connectivity index (χ3n) is 5.64. The molecule has 9 nitrogen and oxygen atoms in total. The summed E-state index contributed by atoms with van der Waals surface area (Å²) in [5, 5.41) is 0. The highest BCUT2D eigenvalue weighted by atomic mass is 32.2. The van der Waals surface area contributed by atoms with Crippen molar-refractivity contribution >= 4 is 53.0 Å². The van der Waals surface area contributed by atoms with Crippen LogP contribution in [0, 0.1) is 6.92 Å². The summed E-state index contributed by atoms with van der Waals surface area (Å²) >= 11 is 1.19. The topological polar surface area (TPSA) is 124 Å². The van der Waals surface area contributed by atoms with Crippen LogP contribution in [0.4, 0.5) is 5.69 Å². The van der Waals surface area contributed by atoms with Crippen LogP contribution in [0.2, 0.25) is 0 Å². The number of nitrogens with zero attached hydrogens (tertiary/aromatic N) is 2. The number of fused-ring (bicyclic) bond motifs is 1. The first-order valence-electron chi connectivity index (χ1n) is 11.7. The highest BCUT2D eigenvalue weighted by Crippen LogP contribution is 2.23. The first-order chi connectivity index (χ1) is 18.0. The average molecular weight is 574 g/mol. The summed E-state index contributed by atoms with van der Waals surface area (Å²) < 4.78 is 60.1. The van der Waals surface area contributed by atoms with Crippen molar-refractivity contribution in [3.05, 3.63) is 82.7 Å². The molecule has 1 amide bonds. The standard InChI is InChI=1S/C26H27N3O6S3/c1-4-35-15-14-29-23-13-12-22(37(3,31)32)17-24(23)36-26(29)27-25(30)19-6-5-7-20(16-19)28-38(33,34)21-10-8-18(2)9-11-21/h5-13,16-17,28H,4,14-15H2,1-3H3. The fourth-order valence-corrected chi connectivity index (χ4v) is 6.55. The van der Waals surface area contributed by atoms with E-state index in [4.69, 9.17) is 4.74 Å². The number of sulfone groups is 1. The molecule has 38 heavy (non-hydrogen) atoms. The molecule has 0 aliphatic heterocycles. The van der Waals surface area contributed by atoms with Crippen molar-refractivity contribution in [1.82, 2.24) is 4.57 Å². The third-order valence-corrected chi connectivity index (χ3v) is 9.18. The number of hydrogen-bond acceptors (Lipinski definition) is 7. The summed E-state index contributed by atoms with van der Waals surface area (Å²) in [5.74, 6) is -0.568. The van der Waals surface area contributed by atoms with E-state index in [1.54, 1.807) is 42.5 Å². The van der Waals surface area contributed by atoms with Gasteiger partial charge in [0, 0.05) is 30.7 Å². The number of aromatic nitrogens is 1. The molecule has 0 spiro atoms. The summed E-state index contributed by atoms with van der Waals surface area (Å²) in [5.41, 5.74) is 2.09. The molecule has 12 heteroatoms. The van der Waals surface area contributed by atoms with E-state index in [2.05, 4.69) is 9.71 Å². The number of carbonyl (C=O) groups is 1. The van der Waals surface area contributed by atoms with Crippen LogP contribution in [0.15, 0.2) is 81.5 Å². The van der Waals surface area contributed by atoms with Gasteiger partial charge in [0.1, 0.15) is 0 Å². The number of anilines is 1. The Kier molecular flexibility index (Phi) is 8.16. The van der Waals surface area contributed by atoms with Crippen LogP contribution in [0.25, 0.3) is 10.2 Å². The molecule has 1 N–H and O–H groups in total. The molecular weight excluding hydrogens is 547 g/mol. The van der Waals surface area contributed by atoms with Crippen LogP contribution in [0.3, 0.4) is 0 Å². The molecule has 4 rings (SSSR count). The van der Waals surface area contributed by atoms with Crippen molar-refractivity contribution < 1.29 is 26.4 Å². The van der Waals surface area contributed by atoms with E-state index in [-0.39, 0.29) is 21.0 Å². The van der Waals surface area contributed by atoms with Crippen molar-refractivity contribution in [2.75, 3.05) is 24.2 Å². The Morgan fingerprint density at radius 1 is 1.00 bits per heavy atom. The van der Waals surface area contributed by atoms with Gasteiger partial charge in [-0.1, -0.05) is 35.1 Å². The number of hydrogen-bond donors (Lipinski definition) is 1. The summed E-state index contributed by atoms with van der Waals surface area (Å²) in [7, 11) is -7.25. The van der Waals surface area contributed by atoms with Crippen LogP contribution in [-0.4, -0.2) is 46.8 Å². The molecule has 0 saturated carbocycles. The zero-order valence-electron chi connectivity index (χ0n) is 21.0. The number of benzene rings is 3. The fraction of sp³-hybridized carbons (Fsp3) is 0.231. The van der Waals surface area contributed by atoms with Crippen molar-refractivity contribution in [3.63, 3.8) is 0 Å². The summed E-state index contributed by atoms with van der Waals surface area (Å²) in [6.45, 7) is 5.06. The lowest BCUT2D eigenvalue weighted by Crippen LogP contribution is -2.20. The molecule has 4 aromatic rings. The SMILES string of the molecule is CCOCCn1c(=NC(=O)c2cccc(NS(=O)(=O)c3ccc(C)cc3)c2)sc2cc(S(C)(=O)=O)ccc21. The Labute approximate surface area is 225 Å². The highest BCUT2D eigenvalue weighted by Gasteiger charge is 2.16. The number of nitrogens with one attached hydrogen (secondary N) is 1. The molecule has 0 radical (unpaired) electrons. The van der Waals surface area contributed by atoms with Gasteiger partial charge in [0.25, 0.3) is 15.9 Å². The maximum atomic E-state index is 13.1. The van der Waals surface area contributed by atoms with Gasteiger partial charge in [0.05, 0.1) is 26.6 Å². The quantitative estimate of drug-likeness (QED) is 0.302. The Balaban J connectivity index is 1.69. The molecule has 0 fully saturated rings. The number of aryl methyl sites for hydroxylation is 1. The van der Waals surface area contributed by atoms with Gasteiger partial charge < -0.3 is 9.30 Å². The first kappa shape index (κ1) is 27.7. The molecule has 0 saturated heterocycles. The number of amides is 1. The number of ether oxygens (including phenoxy) is 1. The molecule has 0 atom stereocenters. The van der Waals surface area contributed by atoms with E-state index in [1.807, 2.05) is 18.4 Å². The Bertz CT molecular complexity index is 1770. The summed E-state index contributed by atoms with van der Waals surface area (Å²) in [6, 6.07) is 17.3. The van der Waals surface area contributed by atoms with Gasteiger partial charge in [-0.2, -0.15) is 4.99 Å². The number of carbonyl (C=O) groups excluding carboxylic acids is 1. The van der Waals surface area contributed by atoms with Gasteiger partial charge in [0.15, 0.2) is 14.6 Å². The average Bonchev–Trinajstić information content (AvgIpc) is 3.20. The molecule has 200 valence electrons. The lowest BCUT2D eigenvalue weighted by atomic mass is 10.2. The van der Waals surface area contributed by atoms with Gasteiger partial charge in [0.2, 0.25) is 0 Å². The second-order valence-corrected chi connectivity index (χ2v) is 13.3. The Morgan fingerprint density at radius 3 is 2.39 bits per heavy atom. The maximum Gasteiger partial charge on any atom is 0.279 e. The van der Waals surface area contributed by atoms with Gasteiger partial charge in [-0.05, 0) is 62.4 Å². The molecule has 1 heterocycles. The Hall–Kier alpha value is -3.32. The van der Waals surface area contributed by atoms with Crippen molar-refractivity contribution in [2.45, 2.75) is 30.2 Å². The van der Waals surface area contributed by atoms with E-state index in [9.17, 15) is 21.6 Å². The lowest BCUT2D eigenvalue weighted by molar-refractivity contribution is 0.0996. The second kappa shape index (κ2) is 11.2. The monoisotopic (exact) mass is 573 g/mol. The van der Waals surface area contributed by atoms with Crippen LogP contribution < -0.4 is 9.52 Å². The zero-order chi connectivity index (χ0) is 27.5. The first-order valence-corrected chi connectivity index (χ1v) is 15.9. The van der Waals surface area contributed by atoms with Crippen LogP contribution in [-0.2, 0) is 31.1 Å². The van der Waals surface area contributed by atoms with E-state index < -0.39 is 25.8 Å². The molecule has 0 aliphatic rings. The number of thiazole rings is 1. The van der Waals surface area contributed by atoms with E-state index >= 15 is 0 Å². The largest absolute Gasteiger partial charge is 0.380 e. The van der Waals surface area contributed by atoms with Gasteiger partial charge in [-0.25, -0.2) is 16.8 Å². The van der Waals surface area contributed by atoms with Crippen LogP contribution in [0.1, 0.15) is 22.8 Å². The van der Waals surface area contributed by atoms with Crippen molar-refractivity contribution in [1.29, 1.82) is 0 Å². The van der Waals surface area contributed by atoms with Gasteiger partial charge in [-0.15, -0.1) is 0 Å². The summed E-state index contributed by atoms with van der Waals surface area (Å²) in [4.78, 5) is 18.1. The fourth-order valence-electron chi connectivity index (χ4n) is 3.68. The molecule has 1 aromatic heterocycles. The van der Waals surface area contributed by atoms with E-state index in [0.717, 1.165) is 17.3 Å². The minimum atomic E-state index is -3.84. The number of rotatable bonds is 9. The van der Waals surface area contributed by atoms with E-state index in [1.165, 1.54) is 35.6 Å². The molecular formula is C26H27N3O6S3. The van der Waals surface area contributed by atoms with E-state index in [0.29, 0.717) is 29.3 Å². The van der Waals surface area contributed by atoms with Gasteiger partial charge in [-0.3, -0.25) is 9.52 Å². The predicted molar refractivity (Wildman–Crippen MR) is 148 cm³/mol. The second-order valence-electron chi connectivity index (χ2n) is 8.55. The molecule has 0 aliphatic carbocycles. The molecule has 0 bridgehead atoms. The zero-order valence-corrected chi connectivity index (χ0v) is 23.5. The van der Waals surface area contributed by atoms with Crippen molar-refractivity contribution in [2.24, 2.45) is 4.99 Å². The predicted octanol–water partition coefficient (Wildman–Crippen LogP) is 3.99. The summed E-state index contributed by atoms with van der Waals surface area (Å²) in [6.07, 6.45) is 1.14. The molecule has 0 unspecified atom stereocenters. The third kappa shape index (κ3) is 6.38. The van der Waals surface area contributed by atoms with Crippen LogP contribution in [0.5, 0.6) is 0 Å².